The van der Waals surface area contributed by atoms with Crippen molar-refractivity contribution in [1.29, 1.82) is 0 Å². The van der Waals surface area contributed by atoms with Gasteiger partial charge in [0, 0.05) is 23.2 Å². The average molecular weight is 314 g/mol. The first-order chi connectivity index (χ1) is 9.93. The lowest BCUT2D eigenvalue weighted by Crippen LogP contribution is -2.10. The zero-order valence-corrected chi connectivity index (χ0v) is 12.0. The van der Waals surface area contributed by atoms with Gasteiger partial charge in [0.15, 0.2) is 6.29 Å². The summed E-state index contributed by atoms with van der Waals surface area (Å²) in [5.41, 5.74) is 1.72. The molecule has 0 saturated heterocycles. The predicted octanol–water partition coefficient (Wildman–Crippen LogP) is 4.04. The summed E-state index contributed by atoms with van der Waals surface area (Å²) < 4.78 is 38.1. The predicted molar refractivity (Wildman–Crippen MR) is 75.5 cm³/mol. The van der Waals surface area contributed by atoms with Crippen molar-refractivity contribution in [3.63, 3.8) is 0 Å². The van der Waals surface area contributed by atoms with Crippen molar-refractivity contribution in [2.75, 3.05) is 5.75 Å². The Morgan fingerprint density at radius 3 is 2.48 bits per heavy atom. The summed E-state index contributed by atoms with van der Waals surface area (Å²) in [5.74, 6) is -0.920. The Bertz CT molecular complexity index is 620. The Morgan fingerprint density at radius 2 is 1.95 bits per heavy atom. The van der Waals surface area contributed by atoms with Crippen molar-refractivity contribution in [3.8, 4) is 11.3 Å². The molecule has 0 saturated carbocycles. The first-order valence-electron chi connectivity index (χ1n) is 6.25. The van der Waals surface area contributed by atoms with Gasteiger partial charge in [-0.05, 0) is 19.1 Å². The number of halogens is 3. The first kappa shape index (κ1) is 15.6. The minimum absolute atomic E-state index is 0.465. The lowest BCUT2D eigenvalue weighted by molar-refractivity contribution is -0.105. The molecule has 0 atom stereocenters. The number of carbonyl (C=O) groups excluding carboxylic acids is 1. The Morgan fingerprint density at radius 1 is 1.29 bits per heavy atom. The number of aromatic nitrogens is 2. The van der Waals surface area contributed by atoms with Gasteiger partial charge in [0.25, 0.3) is 0 Å². The van der Waals surface area contributed by atoms with E-state index in [2.05, 4.69) is 5.10 Å². The molecule has 1 aromatic carbocycles. The zero-order chi connectivity index (χ0) is 15.5. The van der Waals surface area contributed by atoms with Gasteiger partial charge >= 0.3 is 6.18 Å². The van der Waals surface area contributed by atoms with Gasteiger partial charge in [0.2, 0.25) is 0 Å². The highest BCUT2D eigenvalue weighted by Gasteiger charge is 2.27. The minimum Gasteiger partial charge on any atom is -0.298 e. The molecule has 2 aromatic rings. The van der Waals surface area contributed by atoms with E-state index >= 15 is 0 Å². The Kier molecular flexibility index (Phi) is 4.72. The molecule has 0 spiro atoms. The summed E-state index contributed by atoms with van der Waals surface area (Å²) in [6, 6.07) is 6.55. The number of hydrogen-bond acceptors (Lipinski definition) is 3. The monoisotopic (exact) mass is 314 g/mol. The quantitative estimate of drug-likeness (QED) is 0.617. The molecule has 0 amide bonds. The number of alkyl halides is 3. The summed E-state index contributed by atoms with van der Waals surface area (Å²) in [5, 5.41) is 4.28. The summed E-state index contributed by atoms with van der Waals surface area (Å²) in [6.45, 7) is 2.54. The zero-order valence-electron chi connectivity index (χ0n) is 11.2. The van der Waals surface area contributed by atoms with E-state index in [9.17, 15) is 18.0 Å². The van der Waals surface area contributed by atoms with Crippen molar-refractivity contribution < 1.29 is 18.0 Å². The molecule has 0 aliphatic heterocycles. The van der Waals surface area contributed by atoms with Crippen LogP contribution in [0.4, 0.5) is 13.2 Å². The van der Waals surface area contributed by atoms with Crippen LogP contribution in [0.5, 0.6) is 0 Å². The van der Waals surface area contributed by atoms with Gasteiger partial charge in [-0.15, -0.1) is 11.8 Å². The number of thioether (sulfide) groups is 1. The standard InChI is InChI=1S/C14H13F3N2OS/c1-2-19-7-11(8-20)13(18-19)10-3-5-12(6-4-10)21-9-14(15,16)17/h3-8H,2,9H2,1H3. The summed E-state index contributed by atoms with van der Waals surface area (Å²) in [6.07, 6.45) is -1.82. The van der Waals surface area contributed by atoms with E-state index in [4.69, 9.17) is 0 Å². The molecular weight excluding hydrogens is 301 g/mol. The lowest BCUT2D eigenvalue weighted by atomic mass is 10.1. The summed E-state index contributed by atoms with van der Waals surface area (Å²) in [4.78, 5) is 11.6. The lowest BCUT2D eigenvalue weighted by Gasteiger charge is -2.06. The molecule has 21 heavy (non-hydrogen) atoms. The van der Waals surface area contributed by atoms with Gasteiger partial charge in [-0.1, -0.05) is 12.1 Å². The first-order valence-corrected chi connectivity index (χ1v) is 7.24. The van der Waals surface area contributed by atoms with Crippen molar-refractivity contribution >= 4 is 18.0 Å². The smallest absolute Gasteiger partial charge is 0.298 e. The second kappa shape index (κ2) is 6.34. The van der Waals surface area contributed by atoms with Crippen LogP contribution in [0.3, 0.4) is 0 Å². The molecule has 1 heterocycles. The second-order valence-electron chi connectivity index (χ2n) is 4.33. The maximum Gasteiger partial charge on any atom is 0.398 e. The average Bonchev–Trinajstić information content (AvgIpc) is 2.88. The normalized spacial score (nSPS) is 11.6. The third-order valence-corrected chi connectivity index (χ3v) is 3.85. The molecule has 0 fully saturated rings. The molecule has 0 N–H and O–H groups in total. The Balaban J connectivity index is 2.19. The largest absolute Gasteiger partial charge is 0.398 e. The highest BCUT2D eigenvalue weighted by molar-refractivity contribution is 7.99. The Hall–Kier alpha value is -1.76. The molecule has 0 bridgehead atoms. The van der Waals surface area contributed by atoms with Crippen LogP contribution in [0.25, 0.3) is 11.3 Å². The van der Waals surface area contributed by atoms with Gasteiger partial charge in [-0.2, -0.15) is 18.3 Å². The number of hydrogen-bond donors (Lipinski definition) is 0. The van der Waals surface area contributed by atoms with Crippen LogP contribution in [0.15, 0.2) is 35.4 Å². The molecular formula is C14H13F3N2OS. The molecule has 7 heteroatoms. The number of nitrogens with zero attached hydrogens (tertiary/aromatic N) is 2. The van der Waals surface area contributed by atoms with Gasteiger partial charge in [-0.3, -0.25) is 9.48 Å². The number of benzene rings is 1. The highest BCUT2D eigenvalue weighted by Crippen LogP contribution is 2.29. The third-order valence-electron chi connectivity index (χ3n) is 2.77. The fourth-order valence-electron chi connectivity index (χ4n) is 1.78. The van der Waals surface area contributed by atoms with Crippen molar-refractivity contribution in [3.05, 3.63) is 36.0 Å². The molecule has 1 aromatic heterocycles. The topological polar surface area (TPSA) is 34.9 Å². The van der Waals surface area contributed by atoms with E-state index in [0.29, 0.717) is 28.3 Å². The maximum atomic E-state index is 12.2. The second-order valence-corrected chi connectivity index (χ2v) is 5.38. The van der Waals surface area contributed by atoms with Crippen molar-refractivity contribution in [2.45, 2.75) is 24.5 Å². The number of rotatable bonds is 5. The molecule has 112 valence electrons. The molecule has 3 nitrogen and oxygen atoms in total. The van der Waals surface area contributed by atoms with Crippen LogP contribution in [-0.2, 0) is 6.54 Å². The third kappa shape index (κ3) is 4.10. The van der Waals surface area contributed by atoms with E-state index < -0.39 is 11.9 Å². The van der Waals surface area contributed by atoms with Gasteiger partial charge in [0.1, 0.15) is 5.69 Å². The fourth-order valence-corrected chi connectivity index (χ4v) is 2.44. The Labute approximate surface area is 124 Å². The number of aryl methyl sites for hydroxylation is 1. The SMILES string of the molecule is CCn1cc(C=O)c(-c2ccc(SCC(F)(F)F)cc2)n1. The minimum atomic E-state index is -4.19. The van der Waals surface area contributed by atoms with E-state index in [0.717, 1.165) is 18.0 Å². The fraction of sp³-hybridized carbons (Fsp3) is 0.286. The maximum absolute atomic E-state index is 12.2. The van der Waals surface area contributed by atoms with E-state index in [1.165, 1.54) is 0 Å². The van der Waals surface area contributed by atoms with Crippen LogP contribution in [0.1, 0.15) is 17.3 Å². The van der Waals surface area contributed by atoms with E-state index in [-0.39, 0.29) is 0 Å². The van der Waals surface area contributed by atoms with Gasteiger partial charge < -0.3 is 0 Å². The number of carbonyl (C=O) groups is 1. The summed E-state index contributed by atoms with van der Waals surface area (Å²) in [7, 11) is 0. The van der Waals surface area contributed by atoms with Crippen molar-refractivity contribution in [1.82, 2.24) is 9.78 Å². The van der Waals surface area contributed by atoms with Crippen LogP contribution in [-0.4, -0.2) is 28.0 Å². The van der Waals surface area contributed by atoms with Crippen LogP contribution >= 0.6 is 11.8 Å². The van der Waals surface area contributed by atoms with Crippen LogP contribution in [0.2, 0.25) is 0 Å². The number of aldehydes is 1. The molecule has 0 aliphatic rings. The molecule has 0 unspecified atom stereocenters. The van der Waals surface area contributed by atoms with Gasteiger partial charge in [-0.25, -0.2) is 0 Å². The molecule has 0 aliphatic carbocycles. The van der Waals surface area contributed by atoms with Gasteiger partial charge in [0.05, 0.1) is 11.3 Å². The molecule has 2 rings (SSSR count). The molecule has 0 radical (unpaired) electrons. The van der Waals surface area contributed by atoms with E-state index in [1.54, 1.807) is 35.1 Å². The van der Waals surface area contributed by atoms with Crippen LogP contribution < -0.4 is 0 Å². The van der Waals surface area contributed by atoms with Crippen LogP contribution in [0, 0.1) is 0 Å². The highest BCUT2D eigenvalue weighted by atomic mass is 32.2. The summed E-state index contributed by atoms with van der Waals surface area (Å²) >= 11 is 0.731. The van der Waals surface area contributed by atoms with E-state index in [1.807, 2.05) is 6.92 Å². The van der Waals surface area contributed by atoms with Crippen molar-refractivity contribution in [2.24, 2.45) is 0 Å².